The molecule has 37 heavy (non-hydrogen) atoms. The van der Waals surface area contributed by atoms with Gasteiger partial charge in [-0.25, -0.2) is 0 Å². The van der Waals surface area contributed by atoms with Crippen molar-refractivity contribution in [2.45, 2.75) is 25.3 Å². The molecule has 3 aliphatic rings. The number of rotatable bonds is 5. The van der Waals surface area contributed by atoms with E-state index in [4.69, 9.17) is 9.47 Å². The summed E-state index contributed by atoms with van der Waals surface area (Å²) in [5, 5.41) is 3.33. The van der Waals surface area contributed by atoms with Crippen LogP contribution in [0.4, 0.5) is 0 Å². The number of ketones is 1. The summed E-state index contributed by atoms with van der Waals surface area (Å²) in [6.07, 6.45) is 3.34. The average molecular weight is 495 g/mol. The number of hydrogen-bond donors (Lipinski definition) is 1. The molecule has 0 radical (unpaired) electrons. The largest absolute Gasteiger partial charge is 0.490 e. The molecule has 3 aromatic rings. The first-order valence-corrected chi connectivity index (χ1v) is 12.5. The number of hydrogen-bond acceptors (Lipinski definition) is 6. The summed E-state index contributed by atoms with van der Waals surface area (Å²) < 4.78 is 11.7. The van der Waals surface area contributed by atoms with Crippen molar-refractivity contribution < 1.29 is 23.9 Å². The lowest BCUT2D eigenvalue weighted by Crippen LogP contribution is -2.46. The van der Waals surface area contributed by atoms with E-state index in [0.29, 0.717) is 42.3 Å². The molecule has 0 aromatic heterocycles. The van der Waals surface area contributed by atoms with Gasteiger partial charge in [-0.2, -0.15) is 0 Å². The lowest BCUT2D eigenvalue weighted by atomic mass is 9.94. The highest BCUT2D eigenvalue weighted by Crippen LogP contribution is 2.37. The highest BCUT2D eigenvalue weighted by atomic mass is 16.5. The molecule has 0 aliphatic carbocycles. The smallest absolute Gasteiger partial charge is 0.262 e. The second-order valence-electron chi connectivity index (χ2n) is 9.38. The first-order chi connectivity index (χ1) is 18.1. The van der Waals surface area contributed by atoms with Gasteiger partial charge in [-0.15, -0.1) is 0 Å². The Bertz CT molecular complexity index is 1390. The number of carbonyl (C=O) groups is 3. The van der Waals surface area contributed by atoms with Gasteiger partial charge in [-0.3, -0.25) is 19.3 Å². The third kappa shape index (κ3) is 4.27. The van der Waals surface area contributed by atoms with Gasteiger partial charge in [0.05, 0.1) is 24.3 Å². The van der Waals surface area contributed by atoms with Crippen molar-refractivity contribution in [3.63, 3.8) is 0 Å². The van der Waals surface area contributed by atoms with Crippen molar-refractivity contribution in [1.29, 1.82) is 0 Å². The fourth-order valence-corrected chi connectivity index (χ4v) is 5.15. The Kier molecular flexibility index (Phi) is 5.96. The number of nitrogens with zero attached hydrogens (tertiary/aromatic N) is 1. The molecule has 186 valence electrons. The first kappa shape index (κ1) is 23.0. The number of benzene rings is 3. The highest BCUT2D eigenvalue weighted by Gasteiger charge is 2.42. The van der Waals surface area contributed by atoms with Crippen LogP contribution in [-0.2, 0) is 17.6 Å². The number of imide groups is 1. The van der Waals surface area contributed by atoms with Crippen LogP contribution in [0.1, 0.15) is 43.8 Å². The topological polar surface area (TPSA) is 84.9 Å². The summed E-state index contributed by atoms with van der Waals surface area (Å²) in [6.45, 7) is 1.82. The fraction of sp³-hybridized carbons (Fsp3) is 0.233. The van der Waals surface area contributed by atoms with Gasteiger partial charge in [0.15, 0.2) is 17.3 Å². The van der Waals surface area contributed by atoms with E-state index in [1.54, 1.807) is 24.3 Å². The van der Waals surface area contributed by atoms with Crippen LogP contribution in [0.3, 0.4) is 0 Å². The Morgan fingerprint density at radius 1 is 0.892 bits per heavy atom. The number of fused-ring (bicyclic) bond motifs is 3. The summed E-state index contributed by atoms with van der Waals surface area (Å²) in [7, 11) is 0. The highest BCUT2D eigenvalue weighted by molar-refractivity contribution is 6.23. The van der Waals surface area contributed by atoms with E-state index in [1.165, 1.54) is 6.08 Å². The van der Waals surface area contributed by atoms with E-state index < -0.39 is 17.9 Å². The maximum Gasteiger partial charge on any atom is 0.262 e. The van der Waals surface area contributed by atoms with Crippen LogP contribution < -0.4 is 14.8 Å². The molecule has 0 spiro atoms. The van der Waals surface area contributed by atoms with Gasteiger partial charge >= 0.3 is 0 Å². The van der Waals surface area contributed by atoms with E-state index in [1.807, 2.05) is 42.5 Å². The Morgan fingerprint density at radius 2 is 1.54 bits per heavy atom. The Hall–Kier alpha value is -4.39. The molecule has 7 nitrogen and oxygen atoms in total. The van der Waals surface area contributed by atoms with Gasteiger partial charge in [-0.1, -0.05) is 42.5 Å². The zero-order chi connectivity index (χ0) is 25.4. The van der Waals surface area contributed by atoms with E-state index in [-0.39, 0.29) is 12.2 Å². The summed E-state index contributed by atoms with van der Waals surface area (Å²) in [5.41, 5.74) is 4.09. The molecule has 2 amide bonds. The molecule has 3 aromatic carbocycles. The van der Waals surface area contributed by atoms with Crippen molar-refractivity contribution in [3.05, 3.63) is 101 Å². The van der Waals surface area contributed by atoms with Crippen molar-refractivity contribution in [1.82, 2.24) is 10.2 Å². The first-order valence-electron chi connectivity index (χ1n) is 12.5. The standard InChI is InChI=1S/C30H26N2O5/c33-26(18-24-23-17-28-27(36-13-6-14-37-28)16-20(23)11-12-31-24)25(15-19-7-2-1-3-8-19)32-29(34)21-9-4-5-10-22(21)30(32)35/h1-5,7-10,16-18,25,31H,6,11-15H2. The summed E-state index contributed by atoms with van der Waals surface area (Å²) >= 11 is 0. The Morgan fingerprint density at radius 3 is 2.24 bits per heavy atom. The molecule has 6 rings (SSSR count). The van der Waals surface area contributed by atoms with Gasteiger partial charge < -0.3 is 14.8 Å². The summed E-state index contributed by atoms with van der Waals surface area (Å²) in [6, 6.07) is 19.1. The van der Waals surface area contributed by atoms with Crippen molar-refractivity contribution in [3.8, 4) is 11.5 Å². The summed E-state index contributed by atoms with van der Waals surface area (Å²) in [5.74, 6) is 0.166. The third-order valence-electron chi connectivity index (χ3n) is 7.00. The minimum absolute atomic E-state index is 0.225. The molecule has 0 bridgehead atoms. The monoisotopic (exact) mass is 494 g/mol. The fourth-order valence-electron chi connectivity index (χ4n) is 5.15. The lowest BCUT2D eigenvalue weighted by molar-refractivity contribution is -0.118. The van der Waals surface area contributed by atoms with Crippen LogP contribution in [0, 0.1) is 0 Å². The van der Waals surface area contributed by atoms with Crippen LogP contribution in [0.2, 0.25) is 0 Å². The molecule has 3 heterocycles. The second-order valence-corrected chi connectivity index (χ2v) is 9.38. The van der Waals surface area contributed by atoms with Crippen molar-refractivity contribution in [2.75, 3.05) is 19.8 Å². The van der Waals surface area contributed by atoms with Gasteiger partial charge in [0.25, 0.3) is 11.8 Å². The lowest BCUT2D eigenvalue weighted by Gasteiger charge is -2.26. The zero-order valence-electron chi connectivity index (χ0n) is 20.2. The molecule has 1 unspecified atom stereocenters. The predicted octanol–water partition coefficient (Wildman–Crippen LogP) is 3.81. The molecule has 3 aliphatic heterocycles. The molecule has 7 heteroatoms. The number of carbonyl (C=O) groups excluding carboxylic acids is 3. The molecule has 1 N–H and O–H groups in total. The van der Waals surface area contributed by atoms with Crippen LogP contribution in [0.25, 0.3) is 5.70 Å². The average Bonchev–Trinajstić information content (AvgIpc) is 3.05. The van der Waals surface area contributed by atoms with Gasteiger partial charge in [0, 0.05) is 36.7 Å². The van der Waals surface area contributed by atoms with Gasteiger partial charge in [-0.05, 0) is 41.8 Å². The van der Waals surface area contributed by atoms with Gasteiger partial charge in [0.2, 0.25) is 0 Å². The third-order valence-corrected chi connectivity index (χ3v) is 7.00. The second kappa shape index (κ2) is 9.58. The van der Waals surface area contributed by atoms with E-state index >= 15 is 0 Å². The molecule has 0 saturated heterocycles. The van der Waals surface area contributed by atoms with Crippen molar-refractivity contribution in [2.24, 2.45) is 0 Å². The summed E-state index contributed by atoms with van der Waals surface area (Å²) in [4.78, 5) is 41.6. The maximum atomic E-state index is 13.9. The van der Waals surface area contributed by atoms with Crippen LogP contribution in [-0.4, -0.2) is 48.3 Å². The minimum Gasteiger partial charge on any atom is -0.490 e. The normalized spacial score (nSPS) is 18.1. The van der Waals surface area contributed by atoms with Gasteiger partial charge in [0.1, 0.15) is 6.04 Å². The van der Waals surface area contributed by atoms with Crippen molar-refractivity contribution >= 4 is 23.3 Å². The molecule has 1 atom stereocenters. The number of ether oxygens (including phenoxy) is 2. The van der Waals surface area contributed by atoms with E-state index in [2.05, 4.69) is 5.32 Å². The Balaban J connectivity index is 1.38. The SMILES string of the molecule is O=C(C=C1NCCc2cc3c(cc21)OCCCO3)C(Cc1ccccc1)N1C(=O)c2ccccc2C1=O. The van der Waals surface area contributed by atoms with Crippen LogP contribution in [0.5, 0.6) is 11.5 Å². The maximum absolute atomic E-state index is 13.9. The van der Waals surface area contributed by atoms with Crippen LogP contribution >= 0.6 is 0 Å². The quantitative estimate of drug-likeness (QED) is 0.429. The molecule has 0 fully saturated rings. The van der Waals surface area contributed by atoms with E-state index in [0.717, 1.165) is 40.2 Å². The van der Waals surface area contributed by atoms with Crippen LogP contribution in [0.15, 0.2) is 72.8 Å². The zero-order valence-corrected chi connectivity index (χ0v) is 20.2. The number of nitrogens with one attached hydrogen (secondary N) is 1. The Labute approximate surface area is 214 Å². The minimum atomic E-state index is -0.977. The molecular weight excluding hydrogens is 468 g/mol. The molecule has 0 saturated carbocycles. The molecular formula is C30H26N2O5. The number of amides is 2. The predicted molar refractivity (Wildman–Crippen MR) is 138 cm³/mol. The van der Waals surface area contributed by atoms with E-state index in [9.17, 15) is 14.4 Å².